The Balaban J connectivity index is 1.11. The average molecular weight is 743 g/mol. The third-order valence-electron chi connectivity index (χ3n) is 11.9. The number of aromatic nitrogens is 4. The Morgan fingerprint density at radius 2 is 1.03 bits per heavy atom. The summed E-state index contributed by atoms with van der Waals surface area (Å²) in [4.78, 5) is 14.3. The normalized spacial score (nSPS) is 12.8. The molecule has 274 valence electrons. The number of benzene rings is 6. The molecular formula is C54H38N4. The number of hydrogen-bond acceptors (Lipinski definition) is 3. The van der Waals surface area contributed by atoms with Crippen molar-refractivity contribution < 1.29 is 0 Å². The minimum Gasteiger partial charge on any atom is -0.309 e. The molecule has 0 saturated carbocycles. The Morgan fingerprint density at radius 3 is 1.79 bits per heavy atom. The van der Waals surface area contributed by atoms with Gasteiger partial charge < -0.3 is 4.57 Å². The Bertz CT molecular complexity index is 3120. The first-order chi connectivity index (χ1) is 28.5. The Morgan fingerprint density at radius 1 is 0.414 bits per heavy atom. The minimum atomic E-state index is -0.0604. The van der Waals surface area contributed by atoms with E-state index >= 15 is 0 Å². The molecule has 58 heavy (non-hydrogen) atoms. The first-order valence-electron chi connectivity index (χ1n) is 19.8. The molecule has 4 heterocycles. The van der Waals surface area contributed by atoms with Gasteiger partial charge in [-0.1, -0.05) is 129 Å². The number of fused-ring (bicyclic) bond motifs is 6. The van der Waals surface area contributed by atoms with Crippen molar-refractivity contribution in [3.8, 4) is 73.0 Å². The SMILES string of the molecule is CC1(C)c2ccccc2-c2c(-c3ccc4c(c3)c3cccc(-c5cccc(-c6cc(-c7ccccn7)nc(-c7ccccn7)c6)c5)c3n4-c3ccccc3)cccc21. The number of pyridine rings is 3. The van der Waals surface area contributed by atoms with E-state index in [4.69, 9.17) is 4.98 Å². The lowest BCUT2D eigenvalue weighted by Crippen LogP contribution is -2.14. The van der Waals surface area contributed by atoms with Gasteiger partial charge in [0.1, 0.15) is 0 Å². The van der Waals surface area contributed by atoms with E-state index in [1.54, 1.807) is 0 Å². The van der Waals surface area contributed by atoms with Crippen LogP contribution in [-0.4, -0.2) is 19.5 Å². The summed E-state index contributed by atoms with van der Waals surface area (Å²) < 4.78 is 2.44. The van der Waals surface area contributed by atoms with Gasteiger partial charge in [0.05, 0.1) is 33.8 Å². The van der Waals surface area contributed by atoms with E-state index in [0.717, 1.165) is 45.2 Å². The third-order valence-corrected chi connectivity index (χ3v) is 11.9. The summed E-state index contributed by atoms with van der Waals surface area (Å²) >= 11 is 0. The molecule has 4 aromatic heterocycles. The highest BCUT2D eigenvalue weighted by molar-refractivity contribution is 6.15. The molecule has 1 aliphatic carbocycles. The van der Waals surface area contributed by atoms with Gasteiger partial charge in [0.2, 0.25) is 0 Å². The van der Waals surface area contributed by atoms with Crippen LogP contribution in [0, 0.1) is 0 Å². The van der Waals surface area contributed by atoms with Crippen molar-refractivity contribution >= 4 is 21.8 Å². The van der Waals surface area contributed by atoms with Crippen LogP contribution in [0.4, 0.5) is 0 Å². The van der Waals surface area contributed by atoms with Crippen LogP contribution in [0.25, 0.3) is 94.8 Å². The van der Waals surface area contributed by atoms with Crippen LogP contribution in [0.15, 0.2) is 194 Å². The Hall–Kier alpha value is -7.43. The Kier molecular flexibility index (Phi) is 7.80. The summed E-state index contributed by atoms with van der Waals surface area (Å²) in [7, 11) is 0. The molecule has 0 fully saturated rings. The molecule has 6 aromatic carbocycles. The van der Waals surface area contributed by atoms with E-state index < -0.39 is 0 Å². The summed E-state index contributed by atoms with van der Waals surface area (Å²) in [5, 5.41) is 2.45. The fourth-order valence-electron chi connectivity index (χ4n) is 9.16. The maximum atomic E-state index is 5.03. The summed E-state index contributed by atoms with van der Waals surface area (Å²) in [6.45, 7) is 4.70. The van der Waals surface area contributed by atoms with E-state index in [1.807, 2.05) is 48.8 Å². The van der Waals surface area contributed by atoms with E-state index in [9.17, 15) is 0 Å². The van der Waals surface area contributed by atoms with Crippen LogP contribution in [0.3, 0.4) is 0 Å². The first-order valence-corrected chi connectivity index (χ1v) is 19.8. The quantitative estimate of drug-likeness (QED) is 0.170. The maximum Gasteiger partial charge on any atom is 0.0900 e. The van der Waals surface area contributed by atoms with Gasteiger partial charge in [-0.3, -0.25) is 9.97 Å². The molecule has 11 rings (SSSR count). The highest BCUT2D eigenvalue weighted by Crippen LogP contribution is 2.52. The Labute approximate surface area is 337 Å². The molecule has 0 bridgehead atoms. The van der Waals surface area contributed by atoms with Crippen molar-refractivity contribution in [3.63, 3.8) is 0 Å². The molecule has 0 amide bonds. The molecule has 4 heteroatoms. The van der Waals surface area contributed by atoms with Gasteiger partial charge in [-0.15, -0.1) is 0 Å². The molecule has 0 atom stereocenters. The van der Waals surface area contributed by atoms with Crippen molar-refractivity contribution in [3.05, 3.63) is 206 Å². The van der Waals surface area contributed by atoms with Crippen molar-refractivity contribution in [1.82, 2.24) is 19.5 Å². The van der Waals surface area contributed by atoms with Crippen LogP contribution in [0.1, 0.15) is 25.0 Å². The van der Waals surface area contributed by atoms with Gasteiger partial charge >= 0.3 is 0 Å². The minimum absolute atomic E-state index is 0.0604. The number of hydrogen-bond donors (Lipinski definition) is 0. The second kappa shape index (κ2) is 13.4. The molecule has 1 aliphatic rings. The van der Waals surface area contributed by atoms with Gasteiger partial charge in [-0.2, -0.15) is 0 Å². The smallest absolute Gasteiger partial charge is 0.0900 e. The molecule has 0 unspecified atom stereocenters. The van der Waals surface area contributed by atoms with E-state index in [1.165, 1.54) is 60.8 Å². The molecule has 0 spiro atoms. The van der Waals surface area contributed by atoms with Crippen molar-refractivity contribution in [2.24, 2.45) is 0 Å². The maximum absolute atomic E-state index is 5.03. The summed E-state index contributed by atoms with van der Waals surface area (Å²) in [5.41, 5.74) is 19.1. The molecular weight excluding hydrogens is 705 g/mol. The molecule has 0 N–H and O–H groups in total. The largest absolute Gasteiger partial charge is 0.309 e. The zero-order valence-corrected chi connectivity index (χ0v) is 32.3. The fourth-order valence-corrected chi connectivity index (χ4v) is 9.16. The molecule has 4 nitrogen and oxygen atoms in total. The standard InChI is InChI=1S/C54H38N4/c1-54(2)45-23-7-6-19-43(45)52-40(20-14-24-46(52)54)37-27-28-51-44(32-37)42-22-13-21-41(53(42)58(51)39-17-4-3-5-18-39)36-16-12-15-35(31-36)38-33-49(47-25-8-10-29-55-47)57-50(34-38)48-26-9-11-30-56-48/h3-34H,1-2H3. The van der Waals surface area contributed by atoms with E-state index in [0.29, 0.717) is 0 Å². The summed E-state index contributed by atoms with van der Waals surface area (Å²) in [6.07, 6.45) is 3.62. The molecule has 0 aliphatic heterocycles. The highest BCUT2D eigenvalue weighted by atomic mass is 15.0. The van der Waals surface area contributed by atoms with E-state index in [2.05, 4.69) is 174 Å². The van der Waals surface area contributed by atoms with Crippen molar-refractivity contribution in [2.45, 2.75) is 19.3 Å². The number of nitrogens with zero attached hydrogens (tertiary/aromatic N) is 4. The topological polar surface area (TPSA) is 43.6 Å². The van der Waals surface area contributed by atoms with Gasteiger partial charge in [-0.05, 0) is 117 Å². The van der Waals surface area contributed by atoms with Gasteiger partial charge in [-0.25, -0.2) is 4.98 Å². The zero-order valence-electron chi connectivity index (χ0n) is 32.3. The zero-order chi connectivity index (χ0) is 38.8. The fraction of sp³-hybridized carbons (Fsp3) is 0.0556. The predicted octanol–water partition coefficient (Wildman–Crippen LogP) is 13.6. The summed E-state index contributed by atoms with van der Waals surface area (Å²) in [5.74, 6) is 0. The second-order valence-electron chi connectivity index (χ2n) is 15.6. The lowest BCUT2D eigenvalue weighted by molar-refractivity contribution is 0.660. The third kappa shape index (κ3) is 5.41. The van der Waals surface area contributed by atoms with Crippen molar-refractivity contribution in [1.29, 1.82) is 0 Å². The lowest BCUT2D eigenvalue weighted by Gasteiger charge is -2.21. The van der Waals surface area contributed by atoms with Crippen LogP contribution in [0.5, 0.6) is 0 Å². The van der Waals surface area contributed by atoms with Crippen LogP contribution >= 0.6 is 0 Å². The van der Waals surface area contributed by atoms with Gasteiger partial charge in [0.25, 0.3) is 0 Å². The van der Waals surface area contributed by atoms with Gasteiger partial charge in [0.15, 0.2) is 0 Å². The highest BCUT2D eigenvalue weighted by Gasteiger charge is 2.36. The monoisotopic (exact) mass is 742 g/mol. The lowest BCUT2D eigenvalue weighted by atomic mass is 9.82. The van der Waals surface area contributed by atoms with Crippen molar-refractivity contribution in [2.75, 3.05) is 0 Å². The molecule has 0 radical (unpaired) electrons. The first kappa shape index (κ1) is 33.9. The molecule has 0 saturated heterocycles. The van der Waals surface area contributed by atoms with Gasteiger partial charge in [0, 0.05) is 39.8 Å². The average Bonchev–Trinajstić information content (AvgIpc) is 3.75. The number of rotatable bonds is 6. The molecule has 10 aromatic rings. The second-order valence-corrected chi connectivity index (χ2v) is 15.6. The van der Waals surface area contributed by atoms with Crippen LogP contribution in [0.2, 0.25) is 0 Å². The van der Waals surface area contributed by atoms with E-state index in [-0.39, 0.29) is 5.41 Å². The van der Waals surface area contributed by atoms with Crippen LogP contribution in [-0.2, 0) is 5.41 Å². The predicted molar refractivity (Wildman–Crippen MR) is 239 cm³/mol. The number of para-hydroxylation sites is 2. The van der Waals surface area contributed by atoms with Crippen LogP contribution < -0.4 is 0 Å². The summed E-state index contributed by atoms with van der Waals surface area (Å²) in [6, 6.07) is 65.3.